The molecule has 1 aliphatic heterocycles. The van der Waals surface area contributed by atoms with Gasteiger partial charge in [-0.3, -0.25) is 0 Å². The van der Waals surface area contributed by atoms with Crippen molar-refractivity contribution in [1.29, 1.82) is 0 Å². The van der Waals surface area contributed by atoms with Gasteiger partial charge in [-0.25, -0.2) is 9.48 Å². The summed E-state index contributed by atoms with van der Waals surface area (Å²) in [5, 5.41) is 11.1. The van der Waals surface area contributed by atoms with Crippen LogP contribution in [0.2, 0.25) is 0 Å². The Kier molecular flexibility index (Phi) is 2.91. The number of rotatable bonds is 2. The average Bonchev–Trinajstić information content (AvgIpc) is 2.90. The van der Waals surface area contributed by atoms with Crippen molar-refractivity contribution in [1.82, 2.24) is 15.0 Å². The Balaban J connectivity index is 1.86. The molecule has 0 aliphatic carbocycles. The first kappa shape index (κ1) is 11.7. The second kappa shape index (κ2) is 4.72. The molecule has 0 bridgehead atoms. The van der Waals surface area contributed by atoms with Crippen molar-refractivity contribution in [2.24, 2.45) is 0 Å². The van der Waals surface area contributed by atoms with Crippen LogP contribution in [-0.4, -0.2) is 34.6 Å². The number of esters is 1. The molecule has 0 spiro atoms. The van der Waals surface area contributed by atoms with Crippen molar-refractivity contribution in [2.75, 3.05) is 19.0 Å². The Labute approximate surface area is 110 Å². The highest BCUT2D eigenvalue weighted by molar-refractivity contribution is 5.92. The van der Waals surface area contributed by atoms with Crippen molar-refractivity contribution in [3.63, 3.8) is 0 Å². The van der Waals surface area contributed by atoms with Crippen LogP contribution in [0.4, 0.5) is 5.82 Å². The number of aromatic nitrogens is 3. The van der Waals surface area contributed by atoms with Crippen molar-refractivity contribution in [2.45, 2.75) is 12.5 Å². The third-order valence-corrected chi connectivity index (χ3v) is 3.29. The smallest absolute Gasteiger partial charge is 0.362 e. The Morgan fingerprint density at radius 1 is 1.42 bits per heavy atom. The number of nitrogens with zero attached hydrogens (tertiary/aromatic N) is 3. The van der Waals surface area contributed by atoms with Gasteiger partial charge in [0.25, 0.3) is 0 Å². The molecule has 3 rings (SSSR count). The molecule has 1 unspecified atom stereocenters. The van der Waals surface area contributed by atoms with Crippen molar-refractivity contribution in [3.8, 4) is 0 Å². The van der Waals surface area contributed by atoms with Gasteiger partial charge in [0.2, 0.25) is 5.69 Å². The zero-order chi connectivity index (χ0) is 13.2. The van der Waals surface area contributed by atoms with Gasteiger partial charge >= 0.3 is 5.97 Å². The van der Waals surface area contributed by atoms with E-state index in [2.05, 4.69) is 32.5 Å². The van der Waals surface area contributed by atoms with Gasteiger partial charge in [-0.15, -0.1) is 5.10 Å². The summed E-state index contributed by atoms with van der Waals surface area (Å²) in [4.78, 5) is 11.5. The van der Waals surface area contributed by atoms with Crippen molar-refractivity contribution >= 4 is 11.8 Å². The molecule has 0 fully saturated rings. The normalized spacial score (nSPS) is 17.4. The van der Waals surface area contributed by atoms with E-state index in [9.17, 15) is 4.79 Å². The SMILES string of the molecule is COC(=O)c1nnn2c1NCC(c1ccccc1)C2. The number of fused-ring (bicyclic) bond motifs is 1. The van der Waals surface area contributed by atoms with Crippen LogP contribution in [0.5, 0.6) is 0 Å². The lowest BCUT2D eigenvalue weighted by Crippen LogP contribution is -2.27. The molecule has 1 N–H and O–H groups in total. The molecular formula is C13H14N4O2. The van der Waals surface area contributed by atoms with E-state index in [0.29, 0.717) is 18.3 Å². The van der Waals surface area contributed by atoms with Gasteiger partial charge in [0.15, 0.2) is 5.82 Å². The van der Waals surface area contributed by atoms with Crippen LogP contribution in [0.15, 0.2) is 30.3 Å². The zero-order valence-corrected chi connectivity index (χ0v) is 10.5. The lowest BCUT2D eigenvalue weighted by Gasteiger charge is -2.24. The van der Waals surface area contributed by atoms with Crippen LogP contribution in [0.3, 0.4) is 0 Å². The van der Waals surface area contributed by atoms with E-state index >= 15 is 0 Å². The minimum Gasteiger partial charge on any atom is -0.464 e. The second-order valence-electron chi connectivity index (χ2n) is 4.45. The highest BCUT2D eigenvalue weighted by atomic mass is 16.5. The Morgan fingerprint density at radius 2 is 2.21 bits per heavy atom. The van der Waals surface area contributed by atoms with E-state index < -0.39 is 5.97 Å². The number of anilines is 1. The zero-order valence-electron chi connectivity index (χ0n) is 10.5. The highest BCUT2D eigenvalue weighted by Crippen LogP contribution is 2.26. The third kappa shape index (κ3) is 2.05. The van der Waals surface area contributed by atoms with Crippen molar-refractivity contribution in [3.05, 3.63) is 41.6 Å². The van der Waals surface area contributed by atoms with Crippen LogP contribution < -0.4 is 5.32 Å². The number of benzene rings is 1. The predicted octanol–water partition coefficient (Wildman–Crippen LogP) is 1.27. The predicted molar refractivity (Wildman–Crippen MR) is 69.0 cm³/mol. The maximum absolute atomic E-state index is 11.5. The number of ether oxygens (including phenoxy) is 1. The average molecular weight is 258 g/mol. The van der Waals surface area contributed by atoms with Gasteiger partial charge in [0, 0.05) is 12.5 Å². The molecule has 0 saturated heterocycles. The molecule has 1 aromatic heterocycles. The molecule has 1 aliphatic rings. The summed E-state index contributed by atoms with van der Waals surface area (Å²) in [5.74, 6) is 0.492. The largest absolute Gasteiger partial charge is 0.464 e. The van der Waals surface area contributed by atoms with E-state index in [1.54, 1.807) is 4.68 Å². The minimum absolute atomic E-state index is 0.244. The maximum Gasteiger partial charge on any atom is 0.362 e. The van der Waals surface area contributed by atoms with Crippen LogP contribution in [0.1, 0.15) is 22.0 Å². The summed E-state index contributed by atoms with van der Waals surface area (Å²) >= 11 is 0. The van der Waals surface area contributed by atoms with Gasteiger partial charge in [-0.1, -0.05) is 35.5 Å². The summed E-state index contributed by atoms with van der Waals surface area (Å²) < 4.78 is 6.39. The number of nitrogens with one attached hydrogen (secondary N) is 1. The van der Waals surface area contributed by atoms with Gasteiger partial charge in [-0.2, -0.15) is 0 Å². The fourth-order valence-electron chi connectivity index (χ4n) is 2.29. The molecule has 0 amide bonds. The van der Waals surface area contributed by atoms with Crippen LogP contribution in [0, 0.1) is 0 Å². The highest BCUT2D eigenvalue weighted by Gasteiger charge is 2.27. The molecule has 0 radical (unpaired) electrons. The number of hydrogen-bond acceptors (Lipinski definition) is 5. The third-order valence-electron chi connectivity index (χ3n) is 3.29. The molecule has 1 atom stereocenters. The lowest BCUT2D eigenvalue weighted by atomic mass is 9.98. The fraction of sp³-hybridized carbons (Fsp3) is 0.308. The first-order chi connectivity index (χ1) is 9.29. The minimum atomic E-state index is -0.466. The van der Waals surface area contributed by atoms with E-state index in [1.807, 2.05) is 18.2 Å². The summed E-state index contributed by atoms with van der Waals surface area (Å²) in [7, 11) is 1.34. The van der Waals surface area contributed by atoms with E-state index in [-0.39, 0.29) is 5.69 Å². The number of hydrogen-bond donors (Lipinski definition) is 1. The first-order valence-electron chi connectivity index (χ1n) is 6.10. The van der Waals surface area contributed by atoms with Gasteiger partial charge in [-0.05, 0) is 5.56 Å². The number of methoxy groups -OCH3 is 1. The Bertz CT molecular complexity index is 594. The fourth-order valence-corrected chi connectivity index (χ4v) is 2.29. The topological polar surface area (TPSA) is 69.0 Å². The molecule has 19 heavy (non-hydrogen) atoms. The van der Waals surface area contributed by atoms with Crippen molar-refractivity contribution < 1.29 is 9.53 Å². The standard InChI is InChI=1S/C13H14N4O2/c1-19-13(18)11-12-14-7-10(8-17(12)16-15-11)9-5-3-2-4-6-9/h2-6,10,14H,7-8H2,1H3. The molecule has 98 valence electrons. The molecular weight excluding hydrogens is 244 g/mol. The number of carbonyl (C=O) groups excluding carboxylic acids is 1. The summed E-state index contributed by atoms with van der Waals surface area (Å²) in [6, 6.07) is 10.2. The molecule has 6 heteroatoms. The van der Waals surface area contributed by atoms with E-state index in [4.69, 9.17) is 0 Å². The molecule has 2 heterocycles. The second-order valence-corrected chi connectivity index (χ2v) is 4.45. The van der Waals surface area contributed by atoms with E-state index in [0.717, 1.165) is 6.54 Å². The summed E-state index contributed by atoms with van der Waals surface area (Å²) in [6.07, 6.45) is 0. The molecule has 1 aromatic carbocycles. The Morgan fingerprint density at radius 3 is 2.95 bits per heavy atom. The molecule has 2 aromatic rings. The quantitative estimate of drug-likeness (QED) is 0.822. The monoisotopic (exact) mass is 258 g/mol. The Hall–Kier alpha value is -2.37. The van der Waals surface area contributed by atoms with E-state index in [1.165, 1.54) is 12.7 Å². The van der Waals surface area contributed by atoms with Gasteiger partial charge in [0.1, 0.15) is 0 Å². The van der Waals surface area contributed by atoms with Gasteiger partial charge in [0.05, 0.1) is 13.7 Å². The van der Waals surface area contributed by atoms with Crippen LogP contribution in [-0.2, 0) is 11.3 Å². The van der Waals surface area contributed by atoms with Crippen LogP contribution >= 0.6 is 0 Å². The lowest BCUT2D eigenvalue weighted by molar-refractivity contribution is 0.0595. The number of carbonyl (C=O) groups is 1. The maximum atomic E-state index is 11.5. The van der Waals surface area contributed by atoms with Gasteiger partial charge < -0.3 is 10.1 Å². The molecule has 0 saturated carbocycles. The summed E-state index contributed by atoms with van der Waals surface area (Å²) in [5.41, 5.74) is 1.49. The first-order valence-corrected chi connectivity index (χ1v) is 6.10. The molecule has 6 nitrogen and oxygen atoms in total. The summed E-state index contributed by atoms with van der Waals surface area (Å²) in [6.45, 7) is 1.46. The van der Waals surface area contributed by atoms with Crippen LogP contribution in [0.25, 0.3) is 0 Å².